The largest absolute Gasteiger partial charge is 0.302 e. The van der Waals surface area contributed by atoms with Crippen LogP contribution < -0.4 is 0 Å². The quantitative estimate of drug-likeness (QED) is 0.537. The normalized spacial score (nSPS) is 12.5. The highest BCUT2D eigenvalue weighted by molar-refractivity contribution is 9.09. The van der Waals surface area contributed by atoms with Gasteiger partial charge in [-0.25, -0.2) is 0 Å². The summed E-state index contributed by atoms with van der Waals surface area (Å²) in [4.78, 5) is 13.9. The summed E-state index contributed by atoms with van der Waals surface area (Å²) in [5.41, 5.74) is 0.935. The molecule has 0 bridgehead atoms. The predicted octanol–water partition coefficient (Wildman–Crippen LogP) is 1.72. The van der Waals surface area contributed by atoms with Gasteiger partial charge in [0.25, 0.3) is 0 Å². The highest BCUT2D eigenvalue weighted by Gasteiger charge is 2.02. The molecule has 52 valence electrons. The molecule has 0 saturated heterocycles. The Hall–Kier alpha value is -0.700. The topological polar surface area (TPSA) is 30.0 Å². The van der Waals surface area contributed by atoms with Crippen LogP contribution in [-0.4, -0.2) is 11.3 Å². The number of carbonyl (C=O) groups excluding carboxylic acids is 1. The fraction of sp³-hybridized carbons (Fsp3) is 0.143. The Kier molecular flexibility index (Phi) is 2.57. The summed E-state index contributed by atoms with van der Waals surface area (Å²) < 4.78 is 0. The van der Waals surface area contributed by atoms with Crippen LogP contribution in [0.5, 0.6) is 0 Å². The van der Waals surface area contributed by atoms with Gasteiger partial charge >= 0.3 is 0 Å². The summed E-state index contributed by atoms with van der Waals surface area (Å²) in [6.07, 6.45) is 4.16. The Balaban J connectivity index is 2.84. The number of alkyl halides is 1. The molecule has 0 radical (unpaired) electrons. The molecule has 0 aliphatic carbocycles. The highest BCUT2D eigenvalue weighted by Crippen LogP contribution is 2.17. The van der Waals surface area contributed by atoms with Gasteiger partial charge in [0.1, 0.15) is 6.29 Å². The second-order valence-electron chi connectivity index (χ2n) is 1.82. The average Bonchev–Trinajstić information content (AvgIpc) is 2.05. The van der Waals surface area contributed by atoms with Crippen molar-refractivity contribution in [1.82, 2.24) is 4.98 Å². The minimum atomic E-state index is -0.199. The lowest BCUT2D eigenvalue weighted by molar-refractivity contribution is -0.107. The van der Waals surface area contributed by atoms with Crippen LogP contribution in [0.1, 0.15) is 10.4 Å². The second kappa shape index (κ2) is 3.46. The maximum Gasteiger partial charge on any atom is 0.138 e. The number of aromatic nitrogens is 1. The summed E-state index contributed by atoms with van der Waals surface area (Å²) in [7, 11) is 0. The first-order valence-electron chi connectivity index (χ1n) is 2.84. The van der Waals surface area contributed by atoms with Crippen molar-refractivity contribution >= 4 is 22.2 Å². The molecule has 1 aromatic rings. The molecule has 2 nitrogen and oxygen atoms in total. The van der Waals surface area contributed by atoms with E-state index >= 15 is 0 Å². The zero-order valence-electron chi connectivity index (χ0n) is 5.20. The van der Waals surface area contributed by atoms with E-state index in [4.69, 9.17) is 0 Å². The van der Waals surface area contributed by atoms with E-state index in [0.29, 0.717) is 0 Å². The van der Waals surface area contributed by atoms with E-state index < -0.39 is 0 Å². The van der Waals surface area contributed by atoms with Gasteiger partial charge in [0.2, 0.25) is 0 Å². The molecule has 0 fully saturated rings. The molecule has 3 heteroatoms. The molecular formula is C7H6BrNO. The molecule has 0 aromatic carbocycles. The van der Waals surface area contributed by atoms with Crippen molar-refractivity contribution in [2.75, 3.05) is 0 Å². The van der Waals surface area contributed by atoms with Crippen LogP contribution in [0.15, 0.2) is 24.5 Å². The lowest BCUT2D eigenvalue weighted by Gasteiger charge is -1.98. The number of halogens is 1. The molecule has 1 rings (SSSR count). The van der Waals surface area contributed by atoms with Gasteiger partial charge in [-0.1, -0.05) is 15.9 Å². The lowest BCUT2D eigenvalue weighted by atomic mass is 10.2. The first-order chi connectivity index (χ1) is 4.84. The van der Waals surface area contributed by atoms with Crippen molar-refractivity contribution < 1.29 is 4.79 Å². The first kappa shape index (κ1) is 7.41. The smallest absolute Gasteiger partial charge is 0.138 e. The van der Waals surface area contributed by atoms with Crippen molar-refractivity contribution in [3.05, 3.63) is 30.1 Å². The molecule has 0 aliphatic rings. The maximum absolute atomic E-state index is 10.2. The van der Waals surface area contributed by atoms with E-state index in [2.05, 4.69) is 20.9 Å². The Morgan fingerprint density at radius 1 is 1.50 bits per heavy atom. The van der Waals surface area contributed by atoms with E-state index in [1.807, 2.05) is 0 Å². The van der Waals surface area contributed by atoms with Gasteiger partial charge in [0.15, 0.2) is 0 Å². The number of aldehydes is 1. The fourth-order valence-corrected chi connectivity index (χ4v) is 0.931. The molecule has 1 atom stereocenters. The van der Waals surface area contributed by atoms with Gasteiger partial charge in [-0.15, -0.1) is 0 Å². The third-order valence-corrected chi connectivity index (χ3v) is 1.89. The van der Waals surface area contributed by atoms with Crippen LogP contribution in [-0.2, 0) is 4.79 Å². The van der Waals surface area contributed by atoms with Crippen LogP contribution >= 0.6 is 15.9 Å². The summed E-state index contributed by atoms with van der Waals surface area (Å²) in [5.74, 6) is 0. The van der Waals surface area contributed by atoms with Gasteiger partial charge in [-0.2, -0.15) is 0 Å². The maximum atomic E-state index is 10.2. The molecule has 0 spiro atoms. The van der Waals surface area contributed by atoms with E-state index in [1.54, 1.807) is 24.5 Å². The number of hydrogen-bond acceptors (Lipinski definition) is 2. The summed E-state index contributed by atoms with van der Waals surface area (Å²) in [5, 5.41) is 0. The monoisotopic (exact) mass is 199 g/mol. The third-order valence-electron chi connectivity index (χ3n) is 1.14. The van der Waals surface area contributed by atoms with Crippen LogP contribution in [0.4, 0.5) is 0 Å². The molecule has 0 unspecified atom stereocenters. The van der Waals surface area contributed by atoms with Gasteiger partial charge < -0.3 is 4.79 Å². The van der Waals surface area contributed by atoms with Gasteiger partial charge in [-0.05, 0) is 17.7 Å². The highest BCUT2D eigenvalue weighted by atomic mass is 79.9. The summed E-state index contributed by atoms with van der Waals surface area (Å²) in [6, 6.07) is 3.60. The van der Waals surface area contributed by atoms with E-state index in [9.17, 15) is 4.79 Å². The summed E-state index contributed by atoms with van der Waals surface area (Å²) >= 11 is 3.19. The zero-order valence-corrected chi connectivity index (χ0v) is 6.78. The first-order valence-corrected chi connectivity index (χ1v) is 3.75. The average molecular weight is 200 g/mol. The zero-order chi connectivity index (χ0) is 7.40. The van der Waals surface area contributed by atoms with Crippen molar-refractivity contribution in [2.24, 2.45) is 0 Å². The number of carbonyl (C=O) groups is 1. The standard InChI is InChI=1S/C7H6BrNO/c8-7(5-10)6-1-3-9-4-2-6/h1-5,7H/t7-/m1/s1. The van der Waals surface area contributed by atoms with Crippen LogP contribution in [0.3, 0.4) is 0 Å². The van der Waals surface area contributed by atoms with Gasteiger partial charge in [-0.3, -0.25) is 4.98 Å². The third kappa shape index (κ3) is 1.64. The second-order valence-corrected chi connectivity index (χ2v) is 2.80. The minimum absolute atomic E-state index is 0.199. The Bertz CT molecular complexity index is 212. The van der Waals surface area contributed by atoms with Crippen LogP contribution in [0.25, 0.3) is 0 Å². The van der Waals surface area contributed by atoms with Gasteiger partial charge in [0.05, 0.1) is 4.83 Å². The molecule has 0 amide bonds. The van der Waals surface area contributed by atoms with Crippen molar-refractivity contribution in [1.29, 1.82) is 0 Å². The Labute approximate surface area is 67.4 Å². The number of hydrogen-bond donors (Lipinski definition) is 0. The van der Waals surface area contributed by atoms with Crippen LogP contribution in [0.2, 0.25) is 0 Å². The van der Waals surface area contributed by atoms with Gasteiger partial charge in [0, 0.05) is 12.4 Å². The molecule has 1 heterocycles. The number of pyridine rings is 1. The lowest BCUT2D eigenvalue weighted by Crippen LogP contribution is -1.89. The SMILES string of the molecule is O=C[C@@H](Br)c1ccncc1. The Morgan fingerprint density at radius 3 is 2.60 bits per heavy atom. The molecule has 0 saturated carbocycles. The summed E-state index contributed by atoms with van der Waals surface area (Å²) in [6.45, 7) is 0. The molecule has 0 aliphatic heterocycles. The van der Waals surface area contributed by atoms with Crippen LogP contribution in [0, 0.1) is 0 Å². The van der Waals surface area contributed by atoms with Crippen molar-refractivity contribution in [3.8, 4) is 0 Å². The molecule has 0 N–H and O–H groups in total. The molecular weight excluding hydrogens is 194 g/mol. The van der Waals surface area contributed by atoms with Crippen molar-refractivity contribution in [3.63, 3.8) is 0 Å². The molecule has 10 heavy (non-hydrogen) atoms. The van der Waals surface area contributed by atoms with E-state index in [1.165, 1.54) is 0 Å². The molecule has 1 aromatic heterocycles. The van der Waals surface area contributed by atoms with E-state index in [0.717, 1.165) is 11.8 Å². The van der Waals surface area contributed by atoms with E-state index in [-0.39, 0.29) is 4.83 Å². The minimum Gasteiger partial charge on any atom is -0.302 e. The number of nitrogens with zero attached hydrogens (tertiary/aromatic N) is 1. The van der Waals surface area contributed by atoms with Crippen molar-refractivity contribution in [2.45, 2.75) is 4.83 Å². The number of rotatable bonds is 2. The predicted molar refractivity (Wildman–Crippen MR) is 42.0 cm³/mol. The fourth-order valence-electron chi connectivity index (χ4n) is 0.626. The Morgan fingerprint density at radius 2 is 2.10 bits per heavy atom.